The quantitative estimate of drug-likeness (QED) is 0.280. The lowest BCUT2D eigenvalue weighted by Gasteiger charge is -2.23. The number of carbonyl (C=O) groups is 1. The smallest absolute Gasteiger partial charge is 0.341 e. The SMILES string of the molecule is Cc1cnc(Nc2cc(NC(=O)N3OCC[C@@H]3c3ccccc3)ccc2C)c(-c2ncnc3nc[nH]c23)c1. The van der Waals surface area contributed by atoms with Crippen LogP contribution in [0.2, 0.25) is 0 Å². The molecule has 6 rings (SSSR count). The Kier molecular flexibility index (Phi) is 6.14. The number of aromatic amines is 1. The van der Waals surface area contributed by atoms with Crippen molar-refractivity contribution in [3.8, 4) is 11.3 Å². The second-order valence-electron chi connectivity index (χ2n) is 9.19. The number of hydrogen-bond acceptors (Lipinski definition) is 7. The number of aryl methyl sites for hydroxylation is 2. The molecule has 0 radical (unpaired) electrons. The Morgan fingerprint density at radius 2 is 1.92 bits per heavy atom. The lowest BCUT2D eigenvalue weighted by atomic mass is 10.1. The number of nitrogens with zero attached hydrogens (tertiary/aromatic N) is 5. The molecule has 3 N–H and O–H groups in total. The van der Waals surface area contributed by atoms with Gasteiger partial charge in [0.2, 0.25) is 0 Å². The monoisotopic (exact) mass is 506 g/mol. The number of anilines is 3. The molecule has 2 amide bonds. The van der Waals surface area contributed by atoms with E-state index in [1.807, 2.05) is 68.4 Å². The normalized spacial score (nSPS) is 15.1. The molecule has 0 saturated carbocycles. The fourth-order valence-electron chi connectivity index (χ4n) is 4.61. The zero-order valence-electron chi connectivity index (χ0n) is 21.0. The number of aromatic nitrogens is 5. The van der Waals surface area contributed by atoms with Gasteiger partial charge in [-0.3, -0.25) is 4.84 Å². The van der Waals surface area contributed by atoms with E-state index in [-0.39, 0.29) is 12.1 Å². The number of pyridine rings is 1. The molecule has 1 fully saturated rings. The van der Waals surface area contributed by atoms with Gasteiger partial charge in [-0.2, -0.15) is 5.06 Å². The minimum absolute atomic E-state index is 0.134. The van der Waals surface area contributed by atoms with E-state index in [0.717, 1.165) is 39.9 Å². The minimum atomic E-state index is -0.317. The van der Waals surface area contributed by atoms with Gasteiger partial charge in [-0.15, -0.1) is 0 Å². The lowest BCUT2D eigenvalue weighted by molar-refractivity contribution is -0.0829. The highest BCUT2D eigenvalue weighted by Gasteiger charge is 2.31. The molecule has 0 aliphatic carbocycles. The molecule has 4 heterocycles. The molecule has 1 saturated heterocycles. The molecule has 1 atom stereocenters. The van der Waals surface area contributed by atoms with Gasteiger partial charge in [0.15, 0.2) is 5.65 Å². The highest BCUT2D eigenvalue weighted by Crippen LogP contribution is 2.34. The van der Waals surface area contributed by atoms with Crippen molar-refractivity contribution >= 4 is 34.4 Å². The Morgan fingerprint density at radius 3 is 2.79 bits per heavy atom. The number of carbonyl (C=O) groups excluding carboxylic acids is 1. The van der Waals surface area contributed by atoms with E-state index in [0.29, 0.717) is 29.5 Å². The fourth-order valence-corrected chi connectivity index (χ4v) is 4.61. The third-order valence-electron chi connectivity index (χ3n) is 6.53. The van der Waals surface area contributed by atoms with Crippen molar-refractivity contribution in [1.29, 1.82) is 0 Å². The average molecular weight is 507 g/mol. The number of nitrogens with one attached hydrogen (secondary N) is 3. The van der Waals surface area contributed by atoms with E-state index in [9.17, 15) is 4.79 Å². The largest absolute Gasteiger partial charge is 0.346 e. The molecule has 5 aromatic rings. The van der Waals surface area contributed by atoms with Crippen molar-refractivity contribution < 1.29 is 9.63 Å². The van der Waals surface area contributed by atoms with E-state index < -0.39 is 0 Å². The molecule has 1 aliphatic heterocycles. The Bertz CT molecular complexity index is 1620. The molecule has 10 heteroatoms. The first-order valence-electron chi connectivity index (χ1n) is 12.3. The second kappa shape index (κ2) is 9.91. The molecule has 190 valence electrons. The first-order chi connectivity index (χ1) is 18.6. The van der Waals surface area contributed by atoms with Crippen LogP contribution < -0.4 is 10.6 Å². The number of urea groups is 1. The first kappa shape index (κ1) is 23.6. The molecular formula is C28H26N8O2. The van der Waals surface area contributed by atoms with Crippen LogP contribution in [-0.2, 0) is 4.84 Å². The van der Waals surface area contributed by atoms with Gasteiger partial charge in [0.1, 0.15) is 23.4 Å². The van der Waals surface area contributed by atoms with Crippen molar-refractivity contribution in [2.45, 2.75) is 26.3 Å². The summed E-state index contributed by atoms with van der Waals surface area (Å²) in [6.45, 7) is 4.47. The Morgan fingerprint density at radius 1 is 1.05 bits per heavy atom. The van der Waals surface area contributed by atoms with Gasteiger partial charge in [0.25, 0.3) is 0 Å². The van der Waals surface area contributed by atoms with E-state index in [1.165, 1.54) is 11.4 Å². The standard InChI is InChI=1S/C28H26N8O2/c1-17-12-21(24-25-27(32-15-30-24)33-16-31-25)26(29-14-17)35-22-13-20(9-8-18(22)2)34-28(37)36-23(10-11-38-36)19-6-4-3-5-7-19/h3-9,12-16,23H,10-11H2,1-2H3,(H,29,35)(H,34,37)(H,30,31,32,33)/t23-/m1/s1. The molecule has 1 aliphatic rings. The van der Waals surface area contributed by atoms with Crippen LogP contribution in [0.3, 0.4) is 0 Å². The van der Waals surface area contributed by atoms with E-state index in [1.54, 1.807) is 12.5 Å². The van der Waals surface area contributed by atoms with Crippen molar-refractivity contribution in [1.82, 2.24) is 30.0 Å². The van der Waals surface area contributed by atoms with Crippen molar-refractivity contribution in [2.75, 3.05) is 17.2 Å². The maximum Gasteiger partial charge on any atom is 0.346 e. The van der Waals surface area contributed by atoms with Crippen LogP contribution in [0.5, 0.6) is 0 Å². The van der Waals surface area contributed by atoms with Crippen LogP contribution in [0.1, 0.15) is 29.2 Å². The van der Waals surface area contributed by atoms with Gasteiger partial charge in [-0.05, 0) is 48.7 Å². The lowest BCUT2D eigenvalue weighted by Crippen LogP contribution is -2.33. The summed E-state index contributed by atoms with van der Waals surface area (Å²) in [5.74, 6) is 0.629. The Hall–Kier alpha value is -4.83. The topological polar surface area (TPSA) is 121 Å². The third-order valence-corrected chi connectivity index (χ3v) is 6.53. The molecule has 10 nitrogen and oxygen atoms in total. The highest BCUT2D eigenvalue weighted by atomic mass is 16.7. The predicted molar refractivity (Wildman–Crippen MR) is 145 cm³/mol. The zero-order chi connectivity index (χ0) is 26.1. The number of hydroxylamine groups is 2. The summed E-state index contributed by atoms with van der Waals surface area (Å²) in [5.41, 5.74) is 7.30. The second-order valence-corrected chi connectivity index (χ2v) is 9.19. The van der Waals surface area contributed by atoms with Crippen molar-refractivity contribution in [2.24, 2.45) is 0 Å². The number of fused-ring (bicyclic) bond motifs is 1. The average Bonchev–Trinajstić information content (AvgIpc) is 3.62. The number of benzene rings is 2. The summed E-state index contributed by atoms with van der Waals surface area (Å²) in [6, 6.07) is 17.2. The van der Waals surface area contributed by atoms with E-state index in [2.05, 4.69) is 35.6 Å². The Balaban J connectivity index is 1.27. The van der Waals surface area contributed by atoms with Crippen LogP contribution in [-0.4, -0.2) is 42.6 Å². The number of rotatable bonds is 5. The van der Waals surface area contributed by atoms with Crippen LogP contribution in [0.15, 0.2) is 73.4 Å². The first-order valence-corrected chi connectivity index (χ1v) is 12.3. The predicted octanol–water partition coefficient (Wildman–Crippen LogP) is 5.69. The van der Waals surface area contributed by atoms with Crippen molar-refractivity contribution in [3.05, 3.63) is 90.1 Å². The summed E-state index contributed by atoms with van der Waals surface area (Å²) < 4.78 is 0. The van der Waals surface area contributed by atoms with Crippen LogP contribution in [0, 0.1) is 13.8 Å². The molecule has 38 heavy (non-hydrogen) atoms. The highest BCUT2D eigenvalue weighted by molar-refractivity contribution is 5.93. The van der Waals surface area contributed by atoms with Gasteiger partial charge in [-0.25, -0.2) is 24.7 Å². The van der Waals surface area contributed by atoms with Gasteiger partial charge in [0.05, 0.1) is 19.0 Å². The fraction of sp³-hybridized carbons (Fsp3) is 0.179. The number of H-pyrrole nitrogens is 1. The molecular weight excluding hydrogens is 480 g/mol. The third kappa shape index (κ3) is 4.53. The summed E-state index contributed by atoms with van der Waals surface area (Å²) in [7, 11) is 0. The van der Waals surface area contributed by atoms with Crippen LogP contribution in [0.4, 0.5) is 22.0 Å². The molecule has 2 aromatic carbocycles. The maximum atomic E-state index is 13.2. The summed E-state index contributed by atoms with van der Waals surface area (Å²) in [5, 5.41) is 7.84. The summed E-state index contributed by atoms with van der Waals surface area (Å²) >= 11 is 0. The minimum Gasteiger partial charge on any atom is -0.341 e. The van der Waals surface area contributed by atoms with Gasteiger partial charge in [-0.1, -0.05) is 36.4 Å². The maximum absolute atomic E-state index is 13.2. The van der Waals surface area contributed by atoms with Crippen molar-refractivity contribution in [3.63, 3.8) is 0 Å². The van der Waals surface area contributed by atoms with Gasteiger partial charge < -0.3 is 15.6 Å². The number of hydrogen-bond donors (Lipinski definition) is 3. The molecule has 3 aromatic heterocycles. The van der Waals surface area contributed by atoms with Gasteiger partial charge >= 0.3 is 6.03 Å². The zero-order valence-corrected chi connectivity index (χ0v) is 21.0. The van der Waals surface area contributed by atoms with Crippen LogP contribution in [0.25, 0.3) is 22.4 Å². The number of amides is 2. The molecule has 0 bridgehead atoms. The Labute approximate surface area is 219 Å². The van der Waals surface area contributed by atoms with E-state index >= 15 is 0 Å². The molecule has 0 unspecified atom stereocenters. The molecule has 0 spiro atoms. The van der Waals surface area contributed by atoms with Gasteiger partial charge in [0, 0.05) is 29.6 Å². The van der Waals surface area contributed by atoms with Crippen LogP contribution >= 0.6 is 0 Å². The summed E-state index contributed by atoms with van der Waals surface area (Å²) in [4.78, 5) is 39.6. The summed E-state index contributed by atoms with van der Waals surface area (Å²) in [6.07, 6.45) is 5.64. The number of imidazole rings is 1. The van der Waals surface area contributed by atoms with E-state index in [4.69, 9.17) is 4.84 Å².